The van der Waals surface area contributed by atoms with Gasteiger partial charge >= 0.3 is 5.97 Å². The lowest BCUT2D eigenvalue weighted by Gasteiger charge is -2.32. The van der Waals surface area contributed by atoms with Gasteiger partial charge in [-0.2, -0.15) is 0 Å². The first-order valence-corrected chi connectivity index (χ1v) is 10.0. The van der Waals surface area contributed by atoms with Crippen LogP contribution in [0.3, 0.4) is 0 Å². The van der Waals surface area contributed by atoms with Gasteiger partial charge in [0.15, 0.2) is 0 Å². The molecule has 0 bridgehead atoms. The van der Waals surface area contributed by atoms with Gasteiger partial charge in [0, 0.05) is 18.8 Å². The van der Waals surface area contributed by atoms with Crippen LogP contribution < -0.4 is 9.46 Å². The van der Waals surface area contributed by atoms with Crippen LogP contribution in [0.25, 0.3) is 0 Å². The topological polar surface area (TPSA) is 84.9 Å². The lowest BCUT2D eigenvalue weighted by molar-refractivity contribution is -0.206. The summed E-state index contributed by atoms with van der Waals surface area (Å²) in [6, 6.07) is 4.75. The minimum Gasteiger partial charge on any atom is -0.492 e. The Balaban J connectivity index is 1.79. The average molecular weight is 405 g/mol. The highest BCUT2D eigenvalue weighted by atomic mass is 35.5. The maximum atomic E-state index is 11.9. The highest BCUT2D eigenvalue weighted by Crippen LogP contribution is 2.29. The van der Waals surface area contributed by atoms with E-state index in [9.17, 15) is 13.2 Å². The van der Waals surface area contributed by atoms with Crippen LogP contribution in [0.1, 0.15) is 33.6 Å². The molecule has 2 rings (SSSR count). The standard InChI is InChI=1S/C17H25ClN2O5S/c1-17(2,3)16(21)25-20-8-6-12(7-9-20)11-24-15-5-4-13(10-14(15)18)19-26(22)23/h4-5,10,12,26H,6-9,11H2,1-3H3,(H,19,22,23). The molecule has 0 unspecified atom stereocenters. The third-order valence-electron chi connectivity index (χ3n) is 4.02. The van der Waals surface area contributed by atoms with Crippen molar-refractivity contribution in [2.24, 2.45) is 11.3 Å². The zero-order chi connectivity index (χ0) is 19.3. The summed E-state index contributed by atoms with van der Waals surface area (Å²) in [4.78, 5) is 17.3. The Labute approximate surface area is 160 Å². The molecular weight excluding hydrogens is 380 g/mol. The van der Waals surface area contributed by atoms with Crippen molar-refractivity contribution in [3.8, 4) is 5.75 Å². The summed E-state index contributed by atoms with van der Waals surface area (Å²) in [7, 11) is -2.73. The van der Waals surface area contributed by atoms with E-state index in [-0.39, 0.29) is 5.97 Å². The molecule has 0 aromatic heterocycles. The van der Waals surface area contributed by atoms with Crippen LogP contribution in [0, 0.1) is 11.3 Å². The smallest absolute Gasteiger partial charge is 0.330 e. The molecule has 0 aliphatic carbocycles. The summed E-state index contributed by atoms with van der Waals surface area (Å²) in [5.41, 5.74) is -0.121. The molecule has 0 atom stereocenters. The van der Waals surface area contributed by atoms with Gasteiger partial charge in [-0.3, -0.25) is 4.72 Å². The number of nitrogens with zero attached hydrogens (tertiary/aromatic N) is 1. The van der Waals surface area contributed by atoms with Gasteiger partial charge in [-0.15, -0.1) is 5.06 Å². The van der Waals surface area contributed by atoms with E-state index in [1.54, 1.807) is 17.2 Å². The molecule has 0 saturated carbocycles. The first-order valence-electron chi connectivity index (χ1n) is 8.46. The van der Waals surface area contributed by atoms with Gasteiger partial charge in [-0.1, -0.05) is 11.6 Å². The van der Waals surface area contributed by atoms with Crippen molar-refractivity contribution < 1.29 is 22.8 Å². The second-order valence-corrected chi connectivity index (χ2v) is 8.47. The van der Waals surface area contributed by atoms with Gasteiger partial charge in [-0.25, -0.2) is 13.2 Å². The highest BCUT2D eigenvalue weighted by Gasteiger charge is 2.28. The number of thiol groups is 1. The summed E-state index contributed by atoms with van der Waals surface area (Å²) < 4.78 is 29.4. The van der Waals surface area contributed by atoms with Gasteiger partial charge in [-0.05, 0) is 57.7 Å². The summed E-state index contributed by atoms with van der Waals surface area (Å²) >= 11 is 6.13. The maximum Gasteiger partial charge on any atom is 0.330 e. The van der Waals surface area contributed by atoms with Crippen molar-refractivity contribution in [2.75, 3.05) is 24.4 Å². The number of ether oxygens (including phenoxy) is 1. The third kappa shape index (κ3) is 6.34. The van der Waals surface area contributed by atoms with Crippen molar-refractivity contribution in [1.29, 1.82) is 0 Å². The normalized spacial score (nSPS) is 16.5. The molecule has 1 fully saturated rings. The molecule has 1 saturated heterocycles. The van der Waals surface area contributed by atoms with E-state index in [0.717, 1.165) is 12.8 Å². The number of anilines is 1. The molecule has 0 amide bonds. The van der Waals surface area contributed by atoms with Crippen molar-refractivity contribution >= 4 is 34.1 Å². The van der Waals surface area contributed by atoms with Crippen molar-refractivity contribution in [1.82, 2.24) is 5.06 Å². The molecule has 146 valence electrons. The Bertz CT molecular complexity index is 702. The second kappa shape index (κ2) is 8.92. The van der Waals surface area contributed by atoms with Gasteiger partial charge < -0.3 is 9.57 Å². The molecule has 9 heteroatoms. The van der Waals surface area contributed by atoms with E-state index in [1.165, 1.54) is 6.07 Å². The second-order valence-electron chi connectivity index (χ2n) is 7.33. The number of hydroxylamine groups is 2. The quantitative estimate of drug-likeness (QED) is 0.709. The number of halogens is 1. The number of hydrogen-bond acceptors (Lipinski definition) is 6. The Kier molecular flexibility index (Phi) is 7.14. The fourth-order valence-corrected chi connectivity index (χ4v) is 3.01. The molecule has 0 radical (unpaired) electrons. The number of benzene rings is 1. The molecule has 1 aliphatic rings. The lowest BCUT2D eigenvalue weighted by atomic mass is 9.97. The molecular formula is C17H25ClN2O5S. The van der Waals surface area contributed by atoms with Crippen LogP contribution in [-0.4, -0.2) is 39.1 Å². The van der Waals surface area contributed by atoms with Gasteiger partial charge in [0.05, 0.1) is 17.0 Å². The molecule has 1 aliphatic heterocycles. The van der Waals surface area contributed by atoms with E-state index in [1.807, 2.05) is 20.8 Å². The van der Waals surface area contributed by atoms with Crippen molar-refractivity contribution in [2.45, 2.75) is 33.6 Å². The molecule has 1 aromatic carbocycles. The van der Waals surface area contributed by atoms with Gasteiger partial charge in [0.1, 0.15) is 5.75 Å². The van der Waals surface area contributed by atoms with Crippen LogP contribution in [0.2, 0.25) is 5.02 Å². The average Bonchev–Trinajstić information content (AvgIpc) is 2.54. The molecule has 7 nitrogen and oxygen atoms in total. The lowest BCUT2D eigenvalue weighted by Crippen LogP contribution is -2.39. The van der Waals surface area contributed by atoms with Crippen LogP contribution in [0.4, 0.5) is 5.69 Å². The first-order chi connectivity index (χ1) is 12.1. The largest absolute Gasteiger partial charge is 0.492 e. The van der Waals surface area contributed by atoms with Crippen LogP contribution in [0.5, 0.6) is 5.75 Å². The summed E-state index contributed by atoms with van der Waals surface area (Å²) in [6.07, 6.45) is 1.71. The minimum atomic E-state index is -2.73. The summed E-state index contributed by atoms with van der Waals surface area (Å²) in [5.74, 6) is 0.622. The van der Waals surface area contributed by atoms with E-state index >= 15 is 0 Å². The number of carbonyl (C=O) groups is 1. The Morgan fingerprint density at radius 2 is 1.96 bits per heavy atom. The zero-order valence-corrected chi connectivity index (χ0v) is 16.8. The number of hydrogen-bond donors (Lipinski definition) is 2. The molecule has 26 heavy (non-hydrogen) atoms. The van der Waals surface area contributed by atoms with Crippen molar-refractivity contribution in [3.63, 3.8) is 0 Å². The number of nitrogens with one attached hydrogen (secondary N) is 1. The van der Waals surface area contributed by atoms with E-state index in [0.29, 0.717) is 42.1 Å². The Morgan fingerprint density at radius 3 is 2.50 bits per heavy atom. The molecule has 1 heterocycles. The number of carbonyl (C=O) groups excluding carboxylic acids is 1. The van der Waals surface area contributed by atoms with Gasteiger partial charge in [0.25, 0.3) is 0 Å². The minimum absolute atomic E-state index is 0.229. The highest BCUT2D eigenvalue weighted by molar-refractivity contribution is 7.73. The summed E-state index contributed by atoms with van der Waals surface area (Å²) in [6.45, 7) is 7.33. The van der Waals surface area contributed by atoms with Gasteiger partial charge in [0.2, 0.25) is 10.9 Å². The third-order valence-corrected chi connectivity index (χ3v) is 4.76. The molecule has 0 spiro atoms. The molecule has 1 N–H and O–H groups in total. The summed E-state index contributed by atoms with van der Waals surface area (Å²) in [5, 5.41) is 2.06. The zero-order valence-electron chi connectivity index (χ0n) is 15.2. The Hall–Kier alpha value is -1.51. The fourth-order valence-electron chi connectivity index (χ4n) is 2.42. The SMILES string of the molecule is CC(C)(C)C(=O)ON1CCC(COc2ccc(N[SH](=O)=O)cc2Cl)CC1. The van der Waals surface area contributed by atoms with Crippen LogP contribution in [0.15, 0.2) is 18.2 Å². The monoisotopic (exact) mass is 404 g/mol. The predicted molar refractivity (Wildman–Crippen MR) is 101 cm³/mol. The predicted octanol–water partition coefficient (Wildman–Crippen LogP) is 2.87. The Morgan fingerprint density at radius 1 is 1.31 bits per heavy atom. The number of piperidine rings is 1. The maximum absolute atomic E-state index is 11.9. The first kappa shape index (κ1) is 20.8. The molecule has 1 aromatic rings. The number of rotatable bonds is 6. The van der Waals surface area contributed by atoms with E-state index in [4.69, 9.17) is 21.2 Å². The van der Waals surface area contributed by atoms with Crippen molar-refractivity contribution in [3.05, 3.63) is 23.2 Å². The van der Waals surface area contributed by atoms with Crippen LogP contribution in [-0.2, 0) is 20.5 Å². The van der Waals surface area contributed by atoms with E-state index < -0.39 is 16.3 Å². The fraction of sp³-hybridized carbons (Fsp3) is 0.588. The van der Waals surface area contributed by atoms with E-state index in [2.05, 4.69) is 4.72 Å². The van der Waals surface area contributed by atoms with Crippen LogP contribution >= 0.6 is 11.6 Å².